The number of ether oxygens (including phenoxy) is 2. The van der Waals surface area contributed by atoms with Crippen LogP contribution in [-0.4, -0.2) is 54.8 Å². The van der Waals surface area contributed by atoms with E-state index in [2.05, 4.69) is 10.6 Å². The molecule has 0 aliphatic carbocycles. The van der Waals surface area contributed by atoms with Crippen LogP contribution in [-0.2, 0) is 9.59 Å². The summed E-state index contributed by atoms with van der Waals surface area (Å²) in [7, 11) is 1.60. The molecule has 2 rings (SSSR count). The number of aliphatic carboxylic acids is 1. The van der Waals surface area contributed by atoms with Crippen LogP contribution >= 0.6 is 12.4 Å². The maximum Gasteiger partial charge on any atom is 0.325 e. The highest BCUT2D eigenvalue weighted by atomic mass is 35.5. The first-order valence-electron chi connectivity index (χ1n) is 6.85. The fourth-order valence-electron chi connectivity index (χ4n) is 1.91. The van der Waals surface area contributed by atoms with Gasteiger partial charge in [0, 0.05) is 18.3 Å². The number of carboxylic acid groups (broad SMARTS) is 1. The number of carboxylic acids is 1. The molecule has 0 unspecified atom stereocenters. The van der Waals surface area contributed by atoms with E-state index in [1.165, 1.54) is 4.90 Å². The van der Waals surface area contributed by atoms with E-state index in [1.807, 2.05) is 0 Å². The van der Waals surface area contributed by atoms with Crippen LogP contribution < -0.4 is 20.1 Å². The Labute approximate surface area is 144 Å². The largest absolute Gasteiger partial charge is 0.481 e. The molecule has 0 fully saturated rings. The summed E-state index contributed by atoms with van der Waals surface area (Å²) in [5, 5.41) is 13.2. The number of nitrogens with zero attached hydrogens (tertiary/aromatic N) is 1. The summed E-state index contributed by atoms with van der Waals surface area (Å²) in [4.78, 5) is 35.4. The van der Waals surface area contributed by atoms with Crippen molar-refractivity contribution in [1.82, 2.24) is 10.2 Å². The summed E-state index contributed by atoms with van der Waals surface area (Å²) in [6, 6.07) is 4.18. The van der Waals surface area contributed by atoms with Crippen LogP contribution in [0.1, 0.15) is 6.42 Å². The number of halogens is 1. The van der Waals surface area contributed by atoms with Gasteiger partial charge in [-0.25, -0.2) is 4.79 Å². The molecule has 132 valence electrons. The molecule has 1 heterocycles. The molecule has 0 saturated heterocycles. The molecule has 24 heavy (non-hydrogen) atoms. The van der Waals surface area contributed by atoms with Gasteiger partial charge in [0.1, 0.15) is 0 Å². The predicted octanol–water partition coefficient (Wildman–Crippen LogP) is 0.892. The van der Waals surface area contributed by atoms with Crippen LogP contribution in [0.25, 0.3) is 0 Å². The molecular weight excluding hydrogens is 342 g/mol. The predicted molar refractivity (Wildman–Crippen MR) is 86.7 cm³/mol. The summed E-state index contributed by atoms with van der Waals surface area (Å²) in [5.74, 6) is -0.372. The Morgan fingerprint density at radius 3 is 2.67 bits per heavy atom. The average Bonchev–Trinajstić information content (AvgIpc) is 2.92. The first-order chi connectivity index (χ1) is 10.9. The summed E-state index contributed by atoms with van der Waals surface area (Å²) >= 11 is 0. The van der Waals surface area contributed by atoms with Gasteiger partial charge in [0.25, 0.3) is 0 Å². The Morgan fingerprint density at radius 1 is 1.25 bits per heavy atom. The zero-order chi connectivity index (χ0) is 16.8. The van der Waals surface area contributed by atoms with Gasteiger partial charge < -0.3 is 19.9 Å². The quantitative estimate of drug-likeness (QED) is 0.690. The number of likely N-dealkylation sites (N-methyl/N-ethyl adjacent to an activating group) is 1. The fourth-order valence-corrected chi connectivity index (χ4v) is 1.91. The number of amides is 3. The van der Waals surface area contributed by atoms with Crippen molar-refractivity contribution < 1.29 is 29.0 Å². The highest BCUT2D eigenvalue weighted by Gasteiger charge is 2.15. The molecule has 1 aromatic carbocycles. The van der Waals surface area contributed by atoms with Gasteiger partial charge in [-0.3, -0.25) is 19.8 Å². The number of imide groups is 1. The van der Waals surface area contributed by atoms with Crippen molar-refractivity contribution in [3.8, 4) is 11.5 Å². The summed E-state index contributed by atoms with van der Waals surface area (Å²) in [5.41, 5.74) is 0.457. The van der Waals surface area contributed by atoms with Crippen molar-refractivity contribution >= 4 is 36.0 Å². The van der Waals surface area contributed by atoms with Crippen molar-refractivity contribution in [3.05, 3.63) is 18.2 Å². The zero-order valence-electron chi connectivity index (χ0n) is 12.9. The maximum absolute atomic E-state index is 11.7. The minimum atomic E-state index is -0.946. The standard InChI is InChI=1S/C14H17N3O6.ClH/c1-17(5-4-13(19)20)7-12(18)16-14(21)15-9-2-3-10-11(6-9)23-8-22-10;/h2-3,6H,4-5,7-8H2,1H3,(H,19,20)(H2,15,16,18,21);1H. The van der Waals surface area contributed by atoms with Gasteiger partial charge in [0.2, 0.25) is 12.7 Å². The van der Waals surface area contributed by atoms with Gasteiger partial charge in [-0.15, -0.1) is 12.4 Å². The second kappa shape index (κ2) is 8.94. The number of anilines is 1. The van der Waals surface area contributed by atoms with Crippen LogP contribution in [0, 0.1) is 0 Å². The summed E-state index contributed by atoms with van der Waals surface area (Å²) < 4.78 is 10.3. The second-order valence-corrected chi connectivity index (χ2v) is 4.95. The fraction of sp³-hybridized carbons (Fsp3) is 0.357. The third-order valence-corrected chi connectivity index (χ3v) is 3.00. The molecule has 1 aromatic rings. The molecule has 0 aromatic heterocycles. The van der Waals surface area contributed by atoms with E-state index in [-0.39, 0.29) is 38.7 Å². The Morgan fingerprint density at radius 2 is 1.96 bits per heavy atom. The van der Waals surface area contributed by atoms with Gasteiger partial charge in [0.15, 0.2) is 11.5 Å². The van der Waals surface area contributed by atoms with Gasteiger partial charge >= 0.3 is 12.0 Å². The van der Waals surface area contributed by atoms with Gasteiger partial charge in [-0.05, 0) is 19.2 Å². The molecular formula is C14H18ClN3O6. The van der Waals surface area contributed by atoms with Crippen molar-refractivity contribution in [2.45, 2.75) is 6.42 Å². The third kappa shape index (κ3) is 5.94. The topological polar surface area (TPSA) is 117 Å². The van der Waals surface area contributed by atoms with E-state index < -0.39 is 17.9 Å². The molecule has 0 radical (unpaired) electrons. The highest BCUT2D eigenvalue weighted by molar-refractivity contribution is 6.01. The van der Waals surface area contributed by atoms with Crippen LogP contribution in [0.4, 0.5) is 10.5 Å². The number of benzene rings is 1. The maximum atomic E-state index is 11.7. The van der Waals surface area contributed by atoms with Crippen LogP contribution in [0.15, 0.2) is 18.2 Å². The number of nitrogens with one attached hydrogen (secondary N) is 2. The second-order valence-electron chi connectivity index (χ2n) is 4.95. The Bertz CT molecular complexity index is 625. The minimum Gasteiger partial charge on any atom is -0.481 e. The van der Waals surface area contributed by atoms with Crippen molar-refractivity contribution in [1.29, 1.82) is 0 Å². The van der Waals surface area contributed by atoms with E-state index in [4.69, 9.17) is 14.6 Å². The monoisotopic (exact) mass is 359 g/mol. The Hall–Kier alpha value is -2.52. The van der Waals surface area contributed by atoms with Gasteiger partial charge in [-0.2, -0.15) is 0 Å². The first-order valence-corrected chi connectivity index (χ1v) is 6.85. The summed E-state index contributed by atoms with van der Waals surface area (Å²) in [6.45, 7) is 0.264. The molecule has 0 bridgehead atoms. The van der Waals surface area contributed by atoms with Crippen LogP contribution in [0.5, 0.6) is 11.5 Å². The number of rotatable bonds is 6. The number of fused-ring (bicyclic) bond motifs is 1. The minimum absolute atomic E-state index is 0. The number of carbonyl (C=O) groups excluding carboxylic acids is 2. The smallest absolute Gasteiger partial charge is 0.325 e. The van der Waals surface area contributed by atoms with Crippen LogP contribution in [0.2, 0.25) is 0 Å². The number of carbonyl (C=O) groups is 3. The molecule has 0 atom stereocenters. The Kier molecular flexibility index (Phi) is 7.28. The van der Waals surface area contributed by atoms with E-state index in [1.54, 1.807) is 25.2 Å². The SMILES string of the molecule is CN(CCC(=O)O)CC(=O)NC(=O)Nc1ccc2c(c1)OCO2.Cl. The molecule has 0 saturated carbocycles. The van der Waals surface area contributed by atoms with Gasteiger partial charge in [-0.1, -0.05) is 0 Å². The molecule has 0 spiro atoms. The Balaban J connectivity index is 0.00000288. The molecule has 9 nitrogen and oxygen atoms in total. The number of urea groups is 1. The third-order valence-electron chi connectivity index (χ3n) is 3.00. The van der Waals surface area contributed by atoms with Crippen molar-refractivity contribution in [3.63, 3.8) is 0 Å². The molecule has 1 aliphatic rings. The lowest BCUT2D eigenvalue weighted by Gasteiger charge is -2.14. The van der Waals surface area contributed by atoms with E-state index in [0.29, 0.717) is 17.2 Å². The highest BCUT2D eigenvalue weighted by Crippen LogP contribution is 2.34. The van der Waals surface area contributed by atoms with E-state index in [9.17, 15) is 14.4 Å². The van der Waals surface area contributed by atoms with Crippen molar-refractivity contribution in [2.24, 2.45) is 0 Å². The summed E-state index contributed by atoms with van der Waals surface area (Å²) in [6.07, 6.45) is -0.0762. The molecule has 10 heteroatoms. The number of hydrogen-bond acceptors (Lipinski definition) is 6. The van der Waals surface area contributed by atoms with E-state index >= 15 is 0 Å². The lowest BCUT2D eigenvalue weighted by molar-refractivity contribution is -0.137. The van der Waals surface area contributed by atoms with E-state index in [0.717, 1.165) is 0 Å². The molecule has 1 aliphatic heterocycles. The first kappa shape index (κ1) is 19.5. The molecule has 3 N–H and O–H groups in total. The lowest BCUT2D eigenvalue weighted by Crippen LogP contribution is -2.41. The van der Waals surface area contributed by atoms with Crippen LogP contribution in [0.3, 0.4) is 0 Å². The van der Waals surface area contributed by atoms with Crippen molar-refractivity contribution in [2.75, 3.05) is 32.2 Å². The molecule has 3 amide bonds. The number of hydrogen-bond donors (Lipinski definition) is 3. The normalized spacial score (nSPS) is 11.6. The van der Waals surface area contributed by atoms with Gasteiger partial charge in [0.05, 0.1) is 13.0 Å². The lowest BCUT2D eigenvalue weighted by atomic mass is 10.3. The zero-order valence-corrected chi connectivity index (χ0v) is 13.7. The average molecular weight is 360 g/mol.